The molecule has 20 heavy (non-hydrogen) atoms. The molecule has 7 nitrogen and oxygen atoms in total. The highest BCUT2D eigenvalue weighted by Gasteiger charge is 2.27. The van der Waals surface area contributed by atoms with Crippen molar-refractivity contribution in [1.29, 1.82) is 0 Å². The molecule has 1 aliphatic carbocycles. The van der Waals surface area contributed by atoms with E-state index >= 15 is 0 Å². The number of carbonyl (C=O) groups is 1. The summed E-state index contributed by atoms with van der Waals surface area (Å²) in [5.74, 6) is 0.383. The van der Waals surface area contributed by atoms with Crippen LogP contribution >= 0.6 is 0 Å². The van der Waals surface area contributed by atoms with Crippen LogP contribution in [0.4, 0.5) is 11.6 Å². The highest BCUT2D eigenvalue weighted by atomic mass is 16.5. The molecule has 1 heterocycles. The minimum absolute atomic E-state index is 0.274. The predicted octanol–water partition coefficient (Wildman–Crippen LogP) is 1.43. The predicted molar refractivity (Wildman–Crippen MR) is 75.8 cm³/mol. The third kappa shape index (κ3) is 2.87. The van der Waals surface area contributed by atoms with E-state index in [1.54, 1.807) is 11.8 Å². The Balaban J connectivity index is 2.27. The van der Waals surface area contributed by atoms with Gasteiger partial charge in [0, 0.05) is 13.7 Å². The molecule has 2 rings (SSSR count). The molecule has 0 aromatic carbocycles. The number of aromatic nitrogens is 2. The molecule has 3 N–H and O–H groups in total. The SMILES string of the molecule is COCCNc1nn(C2CCCC2)c(N)c1C(=O)OC. The van der Waals surface area contributed by atoms with Gasteiger partial charge in [-0.05, 0) is 12.8 Å². The maximum atomic E-state index is 11.9. The average molecular weight is 282 g/mol. The third-order valence-corrected chi connectivity index (χ3v) is 3.61. The second kappa shape index (κ2) is 6.60. The summed E-state index contributed by atoms with van der Waals surface area (Å²) in [6.45, 7) is 1.08. The van der Waals surface area contributed by atoms with Gasteiger partial charge in [-0.3, -0.25) is 0 Å². The van der Waals surface area contributed by atoms with Crippen LogP contribution in [0.25, 0.3) is 0 Å². The van der Waals surface area contributed by atoms with E-state index in [0.717, 1.165) is 12.8 Å². The first kappa shape index (κ1) is 14.6. The van der Waals surface area contributed by atoms with Crippen molar-refractivity contribution in [3.8, 4) is 0 Å². The number of nitrogen functional groups attached to an aromatic ring is 1. The second-order valence-corrected chi connectivity index (χ2v) is 4.90. The molecule has 0 spiro atoms. The molecule has 1 saturated carbocycles. The van der Waals surface area contributed by atoms with Crippen molar-refractivity contribution in [3.05, 3.63) is 5.56 Å². The zero-order valence-corrected chi connectivity index (χ0v) is 12.0. The van der Waals surface area contributed by atoms with Crippen LogP contribution in [0.3, 0.4) is 0 Å². The Bertz CT molecular complexity index is 466. The number of nitrogens with zero attached hydrogens (tertiary/aromatic N) is 2. The van der Waals surface area contributed by atoms with Crippen molar-refractivity contribution in [2.24, 2.45) is 0 Å². The van der Waals surface area contributed by atoms with E-state index in [1.807, 2.05) is 0 Å². The molecule has 0 saturated heterocycles. The first-order chi connectivity index (χ1) is 9.69. The summed E-state index contributed by atoms with van der Waals surface area (Å²) in [6.07, 6.45) is 4.43. The Kier molecular flexibility index (Phi) is 4.84. The van der Waals surface area contributed by atoms with Gasteiger partial charge >= 0.3 is 5.97 Å². The van der Waals surface area contributed by atoms with Gasteiger partial charge in [-0.25, -0.2) is 9.48 Å². The maximum absolute atomic E-state index is 11.9. The van der Waals surface area contributed by atoms with Crippen molar-refractivity contribution < 1.29 is 14.3 Å². The number of nitrogens with two attached hydrogens (primary N) is 1. The van der Waals surface area contributed by atoms with E-state index in [2.05, 4.69) is 10.4 Å². The molecular formula is C13H22N4O3. The number of hydrogen-bond acceptors (Lipinski definition) is 6. The van der Waals surface area contributed by atoms with Crippen molar-refractivity contribution >= 4 is 17.6 Å². The molecular weight excluding hydrogens is 260 g/mol. The van der Waals surface area contributed by atoms with Gasteiger partial charge < -0.3 is 20.5 Å². The van der Waals surface area contributed by atoms with Gasteiger partial charge in [0.2, 0.25) is 0 Å². The number of methoxy groups -OCH3 is 2. The minimum Gasteiger partial charge on any atom is -0.465 e. The van der Waals surface area contributed by atoms with Crippen molar-refractivity contribution in [2.75, 3.05) is 38.4 Å². The summed E-state index contributed by atoms with van der Waals surface area (Å²) in [6, 6.07) is 0.274. The molecule has 0 radical (unpaired) electrons. The lowest BCUT2D eigenvalue weighted by Gasteiger charge is -2.11. The summed E-state index contributed by atoms with van der Waals surface area (Å²) in [5.41, 5.74) is 6.41. The van der Waals surface area contributed by atoms with Gasteiger partial charge in [0.25, 0.3) is 0 Å². The number of ether oxygens (including phenoxy) is 2. The molecule has 0 amide bonds. The van der Waals surface area contributed by atoms with E-state index in [9.17, 15) is 4.79 Å². The molecule has 7 heteroatoms. The summed E-state index contributed by atoms with van der Waals surface area (Å²) < 4.78 is 11.5. The normalized spacial score (nSPS) is 15.5. The summed E-state index contributed by atoms with van der Waals surface area (Å²) in [5, 5.41) is 7.53. The lowest BCUT2D eigenvalue weighted by molar-refractivity contribution is 0.0603. The molecule has 0 atom stereocenters. The molecule has 1 fully saturated rings. The van der Waals surface area contributed by atoms with E-state index in [-0.39, 0.29) is 6.04 Å². The van der Waals surface area contributed by atoms with Crippen LogP contribution < -0.4 is 11.1 Å². The van der Waals surface area contributed by atoms with Crippen LogP contribution in [-0.4, -0.2) is 43.1 Å². The number of anilines is 2. The Morgan fingerprint density at radius 2 is 2.15 bits per heavy atom. The second-order valence-electron chi connectivity index (χ2n) is 4.90. The van der Waals surface area contributed by atoms with E-state index in [4.69, 9.17) is 15.2 Å². The van der Waals surface area contributed by atoms with Crippen LogP contribution in [-0.2, 0) is 9.47 Å². The lowest BCUT2D eigenvalue weighted by Crippen LogP contribution is -2.12. The highest BCUT2D eigenvalue weighted by molar-refractivity contribution is 5.99. The summed E-state index contributed by atoms with van der Waals surface area (Å²) >= 11 is 0. The van der Waals surface area contributed by atoms with E-state index in [0.29, 0.717) is 30.4 Å². The summed E-state index contributed by atoms with van der Waals surface area (Å²) in [4.78, 5) is 11.9. The van der Waals surface area contributed by atoms with Crippen LogP contribution in [0, 0.1) is 0 Å². The monoisotopic (exact) mass is 282 g/mol. The molecule has 0 unspecified atom stereocenters. The first-order valence-electron chi connectivity index (χ1n) is 6.88. The fourth-order valence-corrected chi connectivity index (χ4v) is 2.57. The van der Waals surface area contributed by atoms with Crippen molar-refractivity contribution in [2.45, 2.75) is 31.7 Å². The number of nitrogens with one attached hydrogen (secondary N) is 1. The minimum atomic E-state index is -0.466. The van der Waals surface area contributed by atoms with Crippen molar-refractivity contribution in [3.63, 3.8) is 0 Å². The molecule has 1 aliphatic rings. The summed E-state index contributed by atoms with van der Waals surface area (Å²) in [7, 11) is 2.96. The number of hydrogen-bond donors (Lipinski definition) is 2. The molecule has 0 aliphatic heterocycles. The quantitative estimate of drug-likeness (QED) is 0.605. The zero-order valence-electron chi connectivity index (χ0n) is 12.0. The Labute approximate surface area is 118 Å². The first-order valence-corrected chi connectivity index (χ1v) is 6.88. The van der Waals surface area contributed by atoms with Crippen LogP contribution in [0.15, 0.2) is 0 Å². The number of esters is 1. The molecule has 112 valence electrons. The topological polar surface area (TPSA) is 91.4 Å². The largest absolute Gasteiger partial charge is 0.465 e. The molecule has 1 aromatic rings. The van der Waals surface area contributed by atoms with Gasteiger partial charge in [0.15, 0.2) is 5.82 Å². The Morgan fingerprint density at radius 3 is 2.75 bits per heavy atom. The smallest absolute Gasteiger partial charge is 0.345 e. The van der Waals surface area contributed by atoms with Gasteiger partial charge in [-0.15, -0.1) is 0 Å². The zero-order chi connectivity index (χ0) is 14.5. The van der Waals surface area contributed by atoms with Gasteiger partial charge in [-0.2, -0.15) is 5.10 Å². The number of carbonyl (C=O) groups excluding carboxylic acids is 1. The Hall–Kier alpha value is -1.76. The maximum Gasteiger partial charge on any atom is 0.345 e. The fourth-order valence-electron chi connectivity index (χ4n) is 2.57. The molecule has 1 aromatic heterocycles. The van der Waals surface area contributed by atoms with Gasteiger partial charge in [0.1, 0.15) is 11.4 Å². The third-order valence-electron chi connectivity index (χ3n) is 3.61. The highest BCUT2D eigenvalue weighted by Crippen LogP contribution is 2.34. The molecule has 0 bridgehead atoms. The van der Waals surface area contributed by atoms with Crippen LogP contribution in [0.1, 0.15) is 42.1 Å². The van der Waals surface area contributed by atoms with E-state index in [1.165, 1.54) is 20.0 Å². The fraction of sp³-hybridized carbons (Fsp3) is 0.692. The lowest BCUT2D eigenvalue weighted by atomic mass is 10.2. The van der Waals surface area contributed by atoms with E-state index < -0.39 is 5.97 Å². The van der Waals surface area contributed by atoms with Crippen LogP contribution in [0.2, 0.25) is 0 Å². The van der Waals surface area contributed by atoms with Gasteiger partial charge in [-0.1, -0.05) is 12.8 Å². The standard InChI is InChI=1S/C13H22N4O3/c1-19-8-7-15-12-10(13(18)20-2)11(14)17(16-12)9-5-3-4-6-9/h9H,3-8,14H2,1-2H3,(H,15,16). The average Bonchev–Trinajstić information content (AvgIpc) is 3.06. The van der Waals surface area contributed by atoms with Gasteiger partial charge in [0.05, 0.1) is 19.8 Å². The van der Waals surface area contributed by atoms with Crippen LogP contribution in [0.5, 0.6) is 0 Å². The number of rotatable bonds is 6. The van der Waals surface area contributed by atoms with Crippen molar-refractivity contribution in [1.82, 2.24) is 9.78 Å². The Morgan fingerprint density at radius 1 is 1.45 bits per heavy atom.